The molecule has 1 unspecified atom stereocenters. The van der Waals surface area contributed by atoms with Crippen LogP contribution in [0.4, 0.5) is 0 Å². The van der Waals surface area contributed by atoms with Gasteiger partial charge in [0.1, 0.15) is 6.23 Å². The van der Waals surface area contributed by atoms with Crippen LogP contribution in [0.5, 0.6) is 0 Å². The zero-order chi connectivity index (χ0) is 10.4. The first-order valence-electron chi connectivity index (χ1n) is 4.63. The standard InChI is InChI=1S/C10H14N2O2/c1-2-4-9(13)12-10(14)8-5-3-6-11-7-8/h3,5-7,9,13H,2,4H2,1H3,(H,12,14). The number of nitrogens with one attached hydrogen (secondary N) is 1. The lowest BCUT2D eigenvalue weighted by atomic mass is 10.2. The summed E-state index contributed by atoms with van der Waals surface area (Å²) in [6, 6.07) is 3.34. The van der Waals surface area contributed by atoms with Crippen LogP contribution in [0.1, 0.15) is 30.1 Å². The SMILES string of the molecule is CCCC(O)NC(=O)c1cccnc1. The highest BCUT2D eigenvalue weighted by Crippen LogP contribution is 1.98. The molecule has 0 bridgehead atoms. The summed E-state index contributed by atoms with van der Waals surface area (Å²) in [7, 11) is 0. The molecule has 2 N–H and O–H groups in total. The van der Waals surface area contributed by atoms with Gasteiger partial charge >= 0.3 is 0 Å². The predicted molar refractivity (Wildman–Crippen MR) is 52.6 cm³/mol. The molecule has 4 nitrogen and oxygen atoms in total. The molecular formula is C10H14N2O2. The number of aliphatic hydroxyl groups is 1. The van der Waals surface area contributed by atoms with E-state index in [2.05, 4.69) is 10.3 Å². The molecule has 1 aromatic heterocycles. The quantitative estimate of drug-likeness (QED) is 0.701. The second-order valence-electron chi connectivity index (χ2n) is 3.02. The maximum Gasteiger partial charge on any atom is 0.254 e. The zero-order valence-electron chi connectivity index (χ0n) is 8.10. The van der Waals surface area contributed by atoms with Gasteiger partial charge < -0.3 is 10.4 Å². The third-order valence-corrected chi connectivity index (χ3v) is 1.78. The van der Waals surface area contributed by atoms with E-state index in [1.165, 1.54) is 6.20 Å². The third-order valence-electron chi connectivity index (χ3n) is 1.78. The van der Waals surface area contributed by atoms with Gasteiger partial charge in [0, 0.05) is 12.4 Å². The van der Waals surface area contributed by atoms with Crippen LogP contribution in [0.3, 0.4) is 0 Å². The van der Waals surface area contributed by atoms with Crippen molar-refractivity contribution in [3.63, 3.8) is 0 Å². The highest BCUT2D eigenvalue weighted by atomic mass is 16.3. The minimum atomic E-state index is -0.771. The summed E-state index contributed by atoms with van der Waals surface area (Å²) < 4.78 is 0. The maximum atomic E-state index is 11.4. The molecule has 0 aliphatic heterocycles. The molecule has 0 aromatic carbocycles. The zero-order valence-corrected chi connectivity index (χ0v) is 8.10. The molecule has 4 heteroatoms. The van der Waals surface area contributed by atoms with Gasteiger partial charge in [-0.1, -0.05) is 13.3 Å². The molecular weight excluding hydrogens is 180 g/mol. The van der Waals surface area contributed by atoms with E-state index in [1.807, 2.05) is 6.92 Å². The normalized spacial score (nSPS) is 12.1. The molecule has 0 aliphatic rings. The summed E-state index contributed by atoms with van der Waals surface area (Å²) in [6.45, 7) is 1.94. The van der Waals surface area contributed by atoms with Crippen LogP contribution in [-0.4, -0.2) is 22.2 Å². The van der Waals surface area contributed by atoms with E-state index in [0.29, 0.717) is 12.0 Å². The van der Waals surface area contributed by atoms with E-state index >= 15 is 0 Å². The van der Waals surface area contributed by atoms with E-state index in [0.717, 1.165) is 6.42 Å². The second-order valence-corrected chi connectivity index (χ2v) is 3.02. The first-order chi connectivity index (χ1) is 6.74. The van der Waals surface area contributed by atoms with Gasteiger partial charge in [0.15, 0.2) is 0 Å². The van der Waals surface area contributed by atoms with Gasteiger partial charge in [-0.15, -0.1) is 0 Å². The molecule has 0 fully saturated rings. The molecule has 1 amide bonds. The molecule has 0 aliphatic carbocycles. The first kappa shape index (κ1) is 10.7. The van der Waals surface area contributed by atoms with Crippen LogP contribution in [-0.2, 0) is 0 Å². The topological polar surface area (TPSA) is 62.2 Å². The van der Waals surface area contributed by atoms with Crippen molar-refractivity contribution >= 4 is 5.91 Å². The number of carbonyl (C=O) groups excluding carboxylic acids is 1. The Bertz CT molecular complexity index is 287. The smallest absolute Gasteiger partial charge is 0.254 e. The molecule has 1 rings (SSSR count). The summed E-state index contributed by atoms with van der Waals surface area (Å²) >= 11 is 0. The molecule has 1 heterocycles. The molecule has 0 spiro atoms. The van der Waals surface area contributed by atoms with Crippen LogP contribution in [0.25, 0.3) is 0 Å². The van der Waals surface area contributed by atoms with Crippen molar-refractivity contribution in [2.75, 3.05) is 0 Å². The first-order valence-corrected chi connectivity index (χ1v) is 4.63. The number of pyridine rings is 1. The molecule has 0 radical (unpaired) electrons. The van der Waals surface area contributed by atoms with Gasteiger partial charge in [0.05, 0.1) is 5.56 Å². The number of carbonyl (C=O) groups is 1. The van der Waals surface area contributed by atoms with Gasteiger partial charge in [-0.25, -0.2) is 0 Å². The third kappa shape index (κ3) is 3.14. The Morgan fingerprint density at radius 2 is 2.50 bits per heavy atom. The second kappa shape index (κ2) is 5.34. The van der Waals surface area contributed by atoms with Crippen LogP contribution in [0.2, 0.25) is 0 Å². The Balaban J connectivity index is 2.51. The number of hydrogen-bond acceptors (Lipinski definition) is 3. The molecule has 1 aromatic rings. The van der Waals surface area contributed by atoms with Crippen LogP contribution < -0.4 is 5.32 Å². The number of hydrogen-bond donors (Lipinski definition) is 2. The van der Waals surface area contributed by atoms with Crippen LogP contribution >= 0.6 is 0 Å². The van der Waals surface area contributed by atoms with Crippen molar-refractivity contribution in [1.29, 1.82) is 0 Å². The van der Waals surface area contributed by atoms with Gasteiger partial charge in [0.25, 0.3) is 5.91 Å². The largest absolute Gasteiger partial charge is 0.374 e. The minimum Gasteiger partial charge on any atom is -0.374 e. The van der Waals surface area contributed by atoms with E-state index in [-0.39, 0.29) is 5.91 Å². The van der Waals surface area contributed by atoms with Crippen molar-refractivity contribution < 1.29 is 9.90 Å². The predicted octanol–water partition coefficient (Wildman–Crippen LogP) is 0.930. The summed E-state index contributed by atoms with van der Waals surface area (Å²) in [6.07, 6.45) is 3.68. The average molecular weight is 194 g/mol. The fraction of sp³-hybridized carbons (Fsp3) is 0.400. The van der Waals surface area contributed by atoms with Crippen LogP contribution in [0.15, 0.2) is 24.5 Å². The highest BCUT2D eigenvalue weighted by molar-refractivity contribution is 5.93. The van der Waals surface area contributed by atoms with Crippen molar-refractivity contribution in [2.45, 2.75) is 26.0 Å². The highest BCUT2D eigenvalue weighted by Gasteiger charge is 2.09. The lowest BCUT2D eigenvalue weighted by Crippen LogP contribution is -2.34. The number of nitrogens with zero attached hydrogens (tertiary/aromatic N) is 1. The van der Waals surface area contributed by atoms with Crippen LogP contribution in [0, 0.1) is 0 Å². The van der Waals surface area contributed by atoms with Gasteiger partial charge in [-0.05, 0) is 18.6 Å². The summed E-state index contributed by atoms with van der Waals surface area (Å²) in [4.78, 5) is 15.2. The maximum absolute atomic E-state index is 11.4. The monoisotopic (exact) mass is 194 g/mol. The van der Waals surface area contributed by atoms with Crippen molar-refractivity contribution in [2.24, 2.45) is 0 Å². The van der Waals surface area contributed by atoms with E-state index in [4.69, 9.17) is 0 Å². The minimum absolute atomic E-state index is 0.293. The molecule has 76 valence electrons. The number of rotatable bonds is 4. The fourth-order valence-corrected chi connectivity index (χ4v) is 1.08. The average Bonchev–Trinajstić information content (AvgIpc) is 2.19. The number of amides is 1. The number of aromatic nitrogens is 1. The summed E-state index contributed by atoms with van der Waals surface area (Å²) in [5.41, 5.74) is 0.461. The van der Waals surface area contributed by atoms with E-state index in [9.17, 15) is 9.90 Å². The molecule has 0 saturated heterocycles. The molecule has 0 saturated carbocycles. The summed E-state index contributed by atoms with van der Waals surface area (Å²) in [5, 5.41) is 11.8. The lowest BCUT2D eigenvalue weighted by molar-refractivity contribution is 0.0763. The Kier molecular flexibility index (Phi) is 4.07. The van der Waals surface area contributed by atoms with Crippen molar-refractivity contribution in [3.05, 3.63) is 30.1 Å². The molecule has 14 heavy (non-hydrogen) atoms. The summed E-state index contributed by atoms with van der Waals surface area (Å²) in [5.74, 6) is -0.293. The Labute approximate surface area is 83.0 Å². The Morgan fingerprint density at radius 1 is 1.71 bits per heavy atom. The lowest BCUT2D eigenvalue weighted by Gasteiger charge is -2.10. The fourth-order valence-electron chi connectivity index (χ4n) is 1.08. The van der Waals surface area contributed by atoms with E-state index in [1.54, 1.807) is 18.3 Å². The van der Waals surface area contributed by atoms with Gasteiger partial charge in [-0.3, -0.25) is 9.78 Å². The Morgan fingerprint density at radius 3 is 3.07 bits per heavy atom. The Hall–Kier alpha value is -1.42. The van der Waals surface area contributed by atoms with E-state index < -0.39 is 6.23 Å². The van der Waals surface area contributed by atoms with Crippen molar-refractivity contribution in [3.8, 4) is 0 Å². The van der Waals surface area contributed by atoms with Crippen molar-refractivity contribution in [1.82, 2.24) is 10.3 Å². The molecule has 1 atom stereocenters. The van der Waals surface area contributed by atoms with Gasteiger partial charge in [-0.2, -0.15) is 0 Å². The number of aliphatic hydroxyl groups excluding tert-OH is 1. The van der Waals surface area contributed by atoms with Gasteiger partial charge in [0.2, 0.25) is 0 Å².